The summed E-state index contributed by atoms with van der Waals surface area (Å²) in [5, 5.41) is 4.26. The number of benzene rings is 2. The van der Waals surface area contributed by atoms with Crippen LogP contribution in [0.5, 0.6) is 0 Å². The summed E-state index contributed by atoms with van der Waals surface area (Å²) in [5.74, 6) is 1.18. The van der Waals surface area contributed by atoms with E-state index < -0.39 is 0 Å². The van der Waals surface area contributed by atoms with Crippen molar-refractivity contribution in [1.29, 1.82) is 0 Å². The van der Waals surface area contributed by atoms with E-state index in [2.05, 4.69) is 32.3 Å². The Labute approximate surface area is 155 Å². The number of nitrogens with two attached hydrogens (primary N) is 1. The molecule has 0 amide bonds. The lowest BCUT2D eigenvalue weighted by Crippen LogP contribution is -2.17. The molecule has 25 heavy (non-hydrogen) atoms. The quantitative estimate of drug-likeness (QED) is 0.691. The number of nitrogens with one attached hydrogen (secondary N) is 1. The van der Waals surface area contributed by atoms with E-state index in [1.54, 1.807) is 18.2 Å². The third kappa shape index (κ3) is 2.97. The topological polar surface area (TPSA) is 67.1 Å². The number of nitrogens with zero attached hydrogens (tertiary/aromatic N) is 3. The van der Waals surface area contributed by atoms with Crippen molar-refractivity contribution in [2.45, 2.75) is 6.42 Å². The number of anilines is 5. The number of para-hydroxylation sites is 1. The van der Waals surface area contributed by atoms with Crippen LogP contribution >= 0.6 is 23.2 Å². The molecule has 0 saturated carbocycles. The summed E-state index contributed by atoms with van der Waals surface area (Å²) in [6.45, 7) is 0.831. The molecule has 0 saturated heterocycles. The van der Waals surface area contributed by atoms with Crippen molar-refractivity contribution >= 4 is 51.9 Å². The first kappa shape index (κ1) is 16.0. The summed E-state index contributed by atoms with van der Waals surface area (Å²) in [4.78, 5) is 10.8. The van der Waals surface area contributed by atoms with E-state index in [4.69, 9.17) is 28.9 Å². The molecule has 5 nitrogen and oxygen atoms in total. The number of nitrogen functional groups attached to an aromatic ring is 1. The van der Waals surface area contributed by atoms with Gasteiger partial charge < -0.3 is 16.0 Å². The second-order valence-electron chi connectivity index (χ2n) is 5.74. The maximum Gasteiger partial charge on any atom is 0.161 e. The van der Waals surface area contributed by atoms with Crippen molar-refractivity contribution in [3.63, 3.8) is 0 Å². The van der Waals surface area contributed by atoms with Gasteiger partial charge in [0.1, 0.15) is 12.0 Å². The molecule has 0 bridgehead atoms. The molecule has 3 aromatic rings. The monoisotopic (exact) mass is 371 g/mol. The van der Waals surface area contributed by atoms with Gasteiger partial charge in [-0.2, -0.15) is 0 Å². The average molecular weight is 372 g/mol. The summed E-state index contributed by atoms with van der Waals surface area (Å²) in [6, 6.07) is 13.4. The van der Waals surface area contributed by atoms with Crippen LogP contribution in [-0.4, -0.2) is 16.5 Å². The zero-order valence-corrected chi connectivity index (χ0v) is 14.7. The molecule has 1 aliphatic heterocycles. The Balaban J connectivity index is 1.71. The maximum atomic E-state index is 6.35. The van der Waals surface area contributed by atoms with E-state index in [0.29, 0.717) is 33.1 Å². The van der Waals surface area contributed by atoms with E-state index >= 15 is 0 Å². The Hall–Kier alpha value is -2.50. The van der Waals surface area contributed by atoms with Crippen molar-refractivity contribution in [2.75, 3.05) is 22.5 Å². The van der Waals surface area contributed by atoms with Gasteiger partial charge in [0.05, 0.1) is 10.7 Å². The Morgan fingerprint density at radius 2 is 1.92 bits per heavy atom. The van der Waals surface area contributed by atoms with E-state index in [1.807, 2.05) is 12.1 Å². The van der Waals surface area contributed by atoms with Crippen LogP contribution < -0.4 is 16.0 Å². The van der Waals surface area contributed by atoms with Crippen LogP contribution in [0, 0.1) is 0 Å². The van der Waals surface area contributed by atoms with Gasteiger partial charge in [0.25, 0.3) is 0 Å². The fraction of sp³-hybridized carbons (Fsp3) is 0.111. The van der Waals surface area contributed by atoms with Crippen molar-refractivity contribution in [3.8, 4) is 0 Å². The number of halogens is 2. The first-order valence-corrected chi connectivity index (χ1v) is 8.57. The maximum absolute atomic E-state index is 6.35. The molecule has 0 unspecified atom stereocenters. The highest BCUT2D eigenvalue weighted by Crippen LogP contribution is 2.38. The van der Waals surface area contributed by atoms with Gasteiger partial charge in [0.15, 0.2) is 11.6 Å². The molecule has 2 heterocycles. The van der Waals surface area contributed by atoms with Crippen LogP contribution in [0.3, 0.4) is 0 Å². The molecule has 7 heteroatoms. The highest BCUT2D eigenvalue weighted by atomic mass is 35.5. The number of hydrogen-bond donors (Lipinski definition) is 2. The molecule has 0 fully saturated rings. The fourth-order valence-corrected chi connectivity index (χ4v) is 3.32. The Morgan fingerprint density at radius 3 is 2.80 bits per heavy atom. The SMILES string of the molecule is Nc1c(Nc2cc(Cl)ccc2Cl)ncnc1N1CCc2ccccc21. The minimum atomic E-state index is 0.468. The van der Waals surface area contributed by atoms with Crippen LogP contribution in [0.25, 0.3) is 0 Å². The van der Waals surface area contributed by atoms with Crippen molar-refractivity contribution in [1.82, 2.24) is 9.97 Å². The third-order valence-electron chi connectivity index (χ3n) is 4.19. The van der Waals surface area contributed by atoms with Crippen molar-refractivity contribution in [2.24, 2.45) is 0 Å². The van der Waals surface area contributed by atoms with Gasteiger partial charge >= 0.3 is 0 Å². The van der Waals surface area contributed by atoms with Crippen LogP contribution in [0.2, 0.25) is 10.0 Å². The van der Waals surface area contributed by atoms with Gasteiger partial charge in [-0.15, -0.1) is 0 Å². The summed E-state index contributed by atoms with van der Waals surface area (Å²) in [5.41, 5.74) is 9.87. The summed E-state index contributed by atoms with van der Waals surface area (Å²) < 4.78 is 0. The van der Waals surface area contributed by atoms with Crippen LogP contribution in [-0.2, 0) is 6.42 Å². The average Bonchev–Trinajstić information content (AvgIpc) is 3.04. The molecule has 0 spiro atoms. The number of rotatable bonds is 3. The first-order chi connectivity index (χ1) is 12.1. The van der Waals surface area contributed by atoms with Gasteiger partial charge in [-0.1, -0.05) is 41.4 Å². The van der Waals surface area contributed by atoms with E-state index in [0.717, 1.165) is 18.7 Å². The van der Waals surface area contributed by atoms with E-state index in [-0.39, 0.29) is 0 Å². The highest BCUT2D eigenvalue weighted by Gasteiger charge is 2.24. The lowest BCUT2D eigenvalue weighted by molar-refractivity contribution is 0.967. The second-order valence-corrected chi connectivity index (χ2v) is 6.58. The van der Waals surface area contributed by atoms with E-state index in [9.17, 15) is 0 Å². The zero-order valence-electron chi connectivity index (χ0n) is 13.2. The second kappa shape index (κ2) is 6.43. The van der Waals surface area contributed by atoms with Gasteiger partial charge in [0, 0.05) is 17.3 Å². The zero-order chi connectivity index (χ0) is 17.4. The Morgan fingerprint density at radius 1 is 1.08 bits per heavy atom. The number of hydrogen-bond acceptors (Lipinski definition) is 5. The number of aromatic nitrogens is 2. The molecule has 3 N–H and O–H groups in total. The molecule has 2 aromatic carbocycles. The van der Waals surface area contributed by atoms with Gasteiger partial charge in [-0.3, -0.25) is 0 Å². The van der Waals surface area contributed by atoms with Gasteiger partial charge in [0.2, 0.25) is 0 Å². The summed E-state index contributed by atoms with van der Waals surface area (Å²) in [6.07, 6.45) is 2.45. The van der Waals surface area contributed by atoms with Gasteiger partial charge in [-0.05, 0) is 36.2 Å². The minimum Gasteiger partial charge on any atom is -0.393 e. The highest BCUT2D eigenvalue weighted by molar-refractivity contribution is 6.35. The van der Waals surface area contributed by atoms with E-state index in [1.165, 1.54) is 11.9 Å². The molecule has 126 valence electrons. The van der Waals surface area contributed by atoms with Crippen molar-refractivity contribution < 1.29 is 0 Å². The molecule has 1 aliphatic rings. The third-order valence-corrected chi connectivity index (χ3v) is 4.75. The molecule has 0 atom stereocenters. The Kier molecular flexibility index (Phi) is 4.11. The summed E-state index contributed by atoms with van der Waals surface area (Å²) in [7, 11) is 0. The molecular weight excluding hydrogens is 357 g/mol. The lowest BCUT2D eigenvalue weighted by atomic mass is 10.2. The van der Waals surface area contributed by atoms with Crippen molar-refractivity contribution in [3.05, 3.63) is 64.4 Å². The largest absolute Gasteiger partial charge is 0.393 e. The molecule has 4 rings (SSSR count). The predicted molar refractivity (Wildman–Crippen MR) is 103 cm³/mol. The molecule has 0 radical (unpaired) electrons. The predicted octanol–water partition coefficient (Wildman–Crippen LogP) is 4.80. The van der Waals surface area contributed by atoms with Crippen LogP contribution in [0.1, 0.15) is 5.56 Å². The normalized spacial score (nSPS) is 13.0. The van der Waals surface area contributed by atoms with Gasteiger partial charge in [-0.25, -0.2) is 9.97 Å². The lowest BCUT2D eigenvalue weighted by Gasteiger charge is -2.21. The van der Waals surface area contributed by atoms with Crippen LogP contribution in [0.15, 0.2) is 48.8 Å². The smallest absolute Gasteiger partial charge is 0.161 e. The minimum absolute atomic E-state index is 0.468. The van der Waals surface area contributed by atoms with Crippen LogP contribution in [0.4, 0.5) is 28.7 Å². The Bertz CT molecular complexity index is 944. The summed E-state index contributed by atoms with van der Waals surface area (Å²) >= 11 is 12.3. The molecule has 1 aromatic heterocycles. The standard InChI is InChI=1S/C18H15Cl2N5/c19-12-5-6-13(20)14(9-12)24-17-16(21)18(23-10-22-17)25-8-7-11-3-1-2-4-15(11)25/h1-6,9-10H,7-8,21H2,(H,22,23,24). The first-order valence-electron chi connectivity index (χ1n) is 7.81. The molecular formula is C18H15Cl2N5. The number of fused-ring (bicyclic) bond motifs is 1. The fourth-order valence-electron chi connectivity index (χ4n) is 2.98. The molecule has 0 aliphatic carbocycles.